The summed E-state index contributed by atoms with van der Waals surface area (Å²) < 4.78 is 31.9. The number of esters is 1. The Labute approximate surface area is 254 Å². The number of aliphatic hydroxyl groups is 2. The molecule has 11 nitrogen and oxygen atoms in total. The number of hydrogen-bond donors (Lipinski definition) is 5. The van der Waals surface area contributed by atoms with E-state index < -0.39 is 57.6 Å². The van der Waals surface area contributed by atoms with E-state index in [9.17, 15) is 33.0 Å². The third kappa shape index (κ3) is 9.09. The smallest absolute Gasteiger partial charge is 0.337 e. The maximum atomic E-state index is 13.2. The molecule has 0 radical (unpaired) electrons. The Morgan fingerprint density at radius 2 is 1.63 bits per heavy atom. The van der Waals surface area contributed by atoms with Crippen LogP contribution in [0, 0.1) is 0 Å². The van der Waals surface area contributed by atoms with Crippen molar-refractivity contribution in [3.05, 3.63) is 88.4 Å². The number of carbonyl (C=O) groups is 3. The van der Waals surface area contributed by atoms with E-state index in [0.29, 0.717) is 17.0 Å². The number of anilines is 1. The predicted molar refractivity (Wildman–Crippen MR) is 159 cm³/mol. The van der Waals surface area contributed by atoms with Crippen molar-refractivity contribution in [1.29, 1.82) is 0 Å². The first kappa shape index (κ1) is 33.7. The van der Waals surface area contributed by atoms with Crippen molar-refractivity contribution in [2.75, 3.05) is 18.5 Å². The summed E-state index contributed by atoms with van der Waals surface area (Å²) in [6.45, 7) is 4.52. The van der Waals surface area contributed by atoms with Crippen molar-refractivity contribution in [2.45, 2.75) is 54.7 Å². The van der Waals surface area contributed by atoms with Crippen molar-refractivity contribution in [3.8, 4) is 0 Å². The van der Waals surface area contributed by atoms with Crippen LogP contribution in [0.4, 0.5) is 5.69 Å². The van der Waals surface area contributed by atoms with Crippen LogP contribution in [0.25, 0.3) is 0 Å². The SMILES string of the molecule is CC(C)(C)OC(=O)C(NCCc1ccc(S(=O)(=O)c2ccc(NC(=O)CO)c(C(=O)O)c2)cc1)[C@H](O)c1cccc(Cl)c1. The molecule has 3 aromatic carbocycles. The lowest BCUT2D eigenvalue weighted by atomic mass is 10.0. The molecule has 13 heteroatoms. The summed E-state index contributed by atoms with van der Waals surface area (Å²) >= 11 is 6.06. The molecule has 0 bridgehead atoms. The zero-order chi connectivity index (χ0) is 31.9. The summed E-state index contributed by atoms with van der Waals surface area (Å²) in [5.41, 5.74) is -0.241. The molecule has 2 atom stereocenters. The summed E-state index contributed by atoms with van der Waals surface area (Å²) in [6, 6.07) is 14.6. The molecule has 230 valence electrons. The lowest BCUT2D eigenvalue weighted by molar-refractivity contribution is -0.160. The molecule has 1 unspecified atom stereocenters. The average Bonchev–Trinajstić information content (AvgIpc) is 2.94. The third-order valence-electron chi connectivity index (χ3n) is 6.13. The third-order valence-corrected chi connectivity index (χ3v) is 8.13. The van der Waals surface area contributed by atoms with Gasteiger partial charge in [0.1, 0.15) is 24.4 Å². The van der Waals surface area contributed by atoms with Gasteiger partial charge in [0.05, 0.1) is 21.0 Å². The van der Waals surface area contributed by atoms with Gasteiger partial charge in [0.15, 0.2) is 0 Å². The molecule has 0 aromatic heterocycles. The normalized spacial score (nSPS) is 13.2. The van der Waals surface area contributed by atoms with Gasteiger partial charge in [-0.3, -0.25) is 9.59 Å². The van der Waals surface area contributed by atoms with Crippen molar-refractivity contribution >= 4 is 45.0 Å². The summed E-state index contributed by atoms with van der Waals surface area (Å²) in [5.74, 6) is -2.96. The van der Waals surface area contributed by atoms with Crippen LogP contribution in [0.5, 0.6) is 0 Å². The number of ether oxygens (including phenoxy) is 1. The number of amides is 1. The zero-order valence-corrected chi connectivity index (χ0v) is 25.3. The summed E-state index contributed by atoms with van der Waals surface area (Å²) in [4.78, 5) is 35.7. The first-order chi connectivity index (χ1) is 20.1. The molecule has 0 heterocycles. The number of carboxylic acid groups (broad SMARTS) is 1. The van der Waals surface area contributed by atoms with Crippen LogP contribution in [-0.4, -0.2) is 66.4 Å². The van der Waals surface area contributed by atoms with Gasteiger partial charge in [0, 0.05) is 11.6 Å². The first-order valence-electron chi connectivity index (χ1n) is 13.1. The molecule has 0 saturated heterocycles. The number of rotatable bonds is 12. The Morgan fingerprint density at radius 3 is 2.21 bits per heavy atom. The van der Waals surface area contributed by atoms with Gasteiger partial charge in [-0.15, -0.1) is 0 Å². The monoisotopic (exact) mass is 632 g/mol. The minimum absolute atomic E-state index is 0.0873. The molecular weight excluding hydrogens is 600 g/mol. The second-order valence-electron chi connectivity index (χ2n) is 10.6. The second kappa shape index (κ2) is 14.1. The standard InChI is InChI=1S/C30H33ClN2O9S/c1-30(2,3)42-29(39)26(27(36)19-5-4-6-20(31)15-19)32-14-13-18-7-9-21(10-8-18)43(40,41)22-11-12-24(33-25(35)17-34)23(16-22)28(37)38/h4-12,15-16,26-27,32,34,36H,13-14,17H2,1-3H3,(H,33,35)(H,37,38)/t26?,27-/m1/s1. The number of aromatic carboxylic acids is 1. The van der Waals surface area contributed by atoms with Gasteiger partial charge in [-0.05, 0) is 80.8 Å². The minimum atomic E-state index is -4.12. The van der Waals surface area contributed by atoms with E-state index in [2.05, 4.69) is 10.6 Å². The highest BCUT2D eigenvalue weighted by Gasteiger charge is 2.32. The fourth-order valence-corrected chi connectivity index (χ4v) is 5.57. The van der Waals surface area contributed by atoms with Crippen molar-refractivity contribution in [1.82, 2.24) is 5.32 Å². The van der Waals surface area contributed by atoms with Gasteiger partial charge in [0.2, 0.25) is 15.7 Å². The van der Waals surface area contributed by atoms with Crippen LogP contribution in [0.15, 0.2) is 76.5 Å². The van der Waals surface area contributed by atoms with Gasteiger partial charge in [-0.1, -0.05) is 35.9 Å². The maximum absolute atomic E-state index is 13.2. The van der Waals surface area contributed by atoms with Crippen LogP contribution in [-0.2, 0) is 30.6 Å². The van der Waals surface area contributed by atoms with E-state index in [1.807, 2.05) is 0 Å². The number of aliphatic hydroxyl groups excluding tert-OH is 2. The molecule has 43 heavy (non-hydrogen) atoms. The fourth-order valence-electron chi connectivity index (χ4n) is 4.08. The molecule has 0 spiro atoms. The van der Waals surface area contributed by atoms with Crippen molar-refractivity contribution < 1.29 is 42.9 Å². The Balaban J connectivity index is 1.75. The predicted octanol–water partition coefficient (Wildman–Crippen LogP) is 3.38. The molecule has 0 saturated carbocycles. The number of hydrogen-bond acceptors (Lipinski definition) is 9. The minimum Gasteiger partial charge on any atom is -0.478 e. The van der Waals surface area contributed by atoms with Crippen molar-refractivity contribution in [2.24, 2.45) is 0 Å². The van der Waals surface area contributed by atoms with E-state index in [1.54, 1.807) is 57.2 Å². The number of sulfone groups is 1. The highest BCUT2D eigenvalue weighted by Crippen LogP contribution is 2.27. The number of benzene rings is 3. The fraction of sp³-hybridized carbons (Fsp3) is 0.300. The van der Waals surface area contributed by atoms with E-state index in [4.69, 9.17) is 21.4 Å². The lowest BCUT2D eigenvalue weighted by Gasteiger charge is -2.27. The van der Waals surface area contributed by atoms with E-state index in [-0.39, 0.29) is 22.0 Å². The maximum Gasteiger partial charge on any atom is 0.337 e. The summed E-state index contributed by atoms with van der Waals surface area (Å²) in [5, 5.41) is 35.0. The molecular formula is C30H33ClN2O9S. The molecule has 0 fully saturated rings. The van der Waals surface area contributed by atoms with Crippen LogP contribution < -0.4 is 10.6 Å². The van der Waals surface area contributed by atoms with E-state index in [1.165, 1.54) is 12.1 Å². The Morgan fingerprint density at radius 1 is 0.977 bits per heavy atom. The van der Waals surface area contributed by atoms with Gasteiger partial charge in [0.25, 0.3) is 0 Å². The summed E-state index contributed by atoms with van der Waals surface area (Å²) in [6.07, 6.45) is -0.885. The van der Waals surface area contributed by atoms with Crippen LogP contribution in [0.1, 0.15) is 48.4 Å². The molecule has 3 rings (SSSR count). The first-order valence-corrected chi connectivity index (χ1v) is 15.0. The molecule has 3 aromatic rings. The summed E-state index contributed by atoms with van der Waals surface area (Å²) in [7, 11) is -4.12. The van der Waals surface area contributed by atoms with E-state index in [0.717, 1.165) is 23.8 Å². The van der Waals surface area contributed by atoms with Gasteiger partial charge < -0.3 is 30.7 Å². The second-order valence-corrected chi connectivity index (χ2v) is 13.0. The topological polar surface area (TPSA) is 179 Å². The Bertz CT molecular complexity index is 1590. The van der Waals surface area contributed by atoms with E-state index >= 15 is 0 Å². The average molecular weight is 633 g/mol. The quantitative estimate of drug-likeness (QED) is 0.186. The van der Waals surface area contributed by atoms with Gasteiger partial charge >= 0.3 is 11.9 Å². The molecule has 1 amide bonds. The van der Waals surface area contributed by atoms with Crippen LogP contribution >= 0.6 is 11.6 Å². The van der Waals surface area contributed by atoms with Crippen molar-refractivity contribution in [3.63, 3.8) is 0 Å². The molecule has 5 N–H and O–H groups in total. The Kier molecular flexibility index (Phi) is 11.1. The number of carboxylic acids is 1. The van der Waals surface area contributed by atoms with Gasteiger partial charge in [-0.25, -0.2) is 13.2 Å². The van der Waals surface area contributed by atoms with Crippen LogP contribution in [0.2, 0.25) is 5.02 Å². The van der Waals surface area contributed by atoms with Gasteiger partial charge in [-0.2, -0.15) is 0 Å². The highest BCUT2D eigenvalue weighted by molar-refractivity contribution is 7.91. The molecule has 0 aliphatic rings. The number of halogens is 1. The highest BCUT2D eigenvalue weighted by atomic mass is 35.5. The lowest BCUT2D eigenvalue weighted by Crippen LogP contribution is -2.46. The molecule has 0 aliphatic carbocycles. The number of nitrogens with one attached hydrogen (secondary N) is 2. The number of carbonyl (C=O) groups excluding carboxylic acids is 2. The van der Waals surface area contributed by atoms with Crippen LogP contribution in [0.3, 0.4) is 0 Å². The zero-order valence-electron chi connectivity index (χ0n) is 23.7. The largest absolute Gasteiger partial charge is 0.478 e. The Hall–Kier alpha value is -3.81. The molecule has 0 aliphatic heterocycles.